The first-order valence-electron chi connectivity index (χ1n) is 7.51. The maximum Gasteiger partial charge on any atom is 0.184 e. The lowest BCUT2D eigenvalue weighted by atomic mass is 10.1. The zero-order valence-electron chi connectivity index (χ0n) is 12.2. The lowest BCUT2D eigenvalue weighted by Crippen LogP contribution is -2.31. The SMILES string of the molecule is Nc1c(N2CCCCC2)ncnc1-n1nnc2ccccc21. The van der Waals surface area contributed by atoms with E-state index in [0.717, 1.165) is 29.9 Å². The number of para-hydroxylation sites is 1. The third-order valence-electron chi connectivity index (χ3n) is 4.05. The van der Waals surface area contributed by atoms with Crippen molar-refractivity contribution < 1.29 is 0 Å². The minimum atomic E-state index is 0.556. The number of anilines is 2. The van der Waals surface area contributed by atoms with Crippen molar-refractivity contribution in [1.29, 1.82) is 0 Å². The van der Waals surface area contributed by atoms with E-state index in [1.807, 2.05) is 24.3 Å². The second-order valence-electron chi connectivity index (χ2n) is 5.47. The molecule has 0 bridgehead atoms. The smallest absolute Gasteiger partial charge is 0.184 e. The summed E-state index contributed by atoms with van der Waals surface area (Å²) in [4.78, 5) is 10.9. The van der Waals surface area contributed by atoms with Crippen LogP contribution >= 0.6 is 0 Å². The van der Waals surface area contributed by atoms with Gasteiger partial charge in [-0.05, 0) is 31.4 Å². The molecule has 7 heteroatoms. The molecule has 2 N–H and O–H groups in total. The van der Waals surface area contributed by atoms with E-state index in [0.29, 0.717) is 11.5 Å². The third kappa shape index (κ3) is 2.05. The molecule has 0 atom stereocenters. The summed E-state index contributed by atoms with van der Waals surface area (Å²) >= 11 is 0. The standard InChI is InChI=1S/C15H17N7/c16-13-14(21-8-4-1-5-9-21)17-10-18-15(13)22-12-7-3-2-6-11(12)19-20-22/h2-3,6-7,10H,1,4-5,8-9,16H2. The van der Waals surface area contributed by atoms with Crippen LogP contribution in [0.1, 0.15) is 19.3 Å². The summed E-state index contributed by atoms with van der Waals surface area (Å²) in [6, 6.07) is 7.76. The molecule has 0 spiro atoms. The van der Waals surface area contributed by atoms with Gasteiger partial charge >= 0.3 is 0 Å². The van der Waals surface area contributed by atoms with Crippen molar-refractivity contribution in [2.75, 3.05) is 23.7 Å². The van der Waals surface area contributed by atoms with Gasteiger partial charge in [-0.2, -0.15) is 4.68 Å². The number of piperidine rings is 1. The summed E-state index contributed by atoms with van der Waals surface area (Å²) < 4.78 is 1.68. The molecule has 1 saturated heterocycles. The Labute approximate surface area is 127 Å². The van der Waals surface area contributed by atoms with Crippen molar-refractivity contribution in [3.05, 3.63) is 30.6 Å². The van der Waals surface area contributed by atoms with E-state index in [-0.39, 0.29) is 0 Å². The molecule has 22 heavy (non-hydrogen) atoms. The monoisotopic (exact) mass is 295 g/mol. The maximum absolute atomic E-state index is 6.34. The molecule has 1 aromatic carbocycles. The second-order valence-corrected chi connectivity index (χ2v) is 5.47. The summed E-state index contributed by atoms with van der Waals surface area (Å²) in [5.41, 5.74) is 8.60. The molecule has 3 aromatic rings. The molecule has 0 amide bonds. The van der Waals surface area contributed by atoms with Gasteiger partial charge in [0.15, 0.2) is 11.6 Å². The predicted molar refractivity (Wildman–Crippen MR) is 84.9 cm³/mol. The van der Waals surface area contributed by atoms with Gasteiger partial charge in [0.1, 0.15) is 17.5 Å². The molecule has 1 fully saturated rings. The second kappa shape index (κ2) is 5.25. The number of hydrogen-bond donors (Lipinski definition) is 1. The lowest BCUT2D eigenvalue weighted by molar-refractivity contribution is 0.573. The third-order valence-corrected chi connectivity index (χ3v) is 4.05. The quantitative estimate of drug-likeness (QED) is 0.775. The van der Waals surface area contributed by atoms with Gasteiger partial charge in [-0.15, -0.1) is 5.10 Å². The van der Waals surface area contributed by atoms with Crippen LogP contribution in [0.3, 0.4) is 0 Å². The number of benzene rings is 1. The van der Waals surface area contributed by atoms with Crippen LogP contribution in [0, 0.1) is 0 Å². The molecule has 2 aromatic heterocycles. The number of hydrogen-bond acceptors (Lipinski definition) is 6. The van der Waals surface area contributed by atoms with Gasteiger partial charge in [0.05, 0.1) is 5.52 Å². The van der Waals surface area contributed by atoms with Crippen molar-refractivity contribution in [3.8, 4) is 5.82 Å². The number of aromatic nitrogens is 5. The Balaban J connectivity index is 1.82. The van der Waals surface area contributed by atoms with E-state index in [1.165, 1.54) is 19.3 Å². The highest BCUT2D eigenvalue weighted by atomic mass is 15.4. The minimum absolute atomic E-state index is 0.556. The maximum atomic E-state index is 6.34. The van der Waals surface area contributed by atoms with Gasteiger partial charge in [-0.25, -0.2) is 9.97 Å². The highest BCUT2D eigenvalue weighted by Crippen LogP contribution is 2.28. The van der Waals surface area contributed by atoms with Gasteiger partial charge in [0.2, 0.25) is 0 Å². The molecule has 0 saturated carbocycles. The van der Waals surface area contributed by atoms with Gasteiger partial charge in [0.25, 0.3) is 0 Å². The molecule has 0 unspecified atom stereocenters. The molecular weight excluding hydrogens is 278 g/mol. The average molecular weight is 295 g/mol. The Morgan fingerprint density at radius 1 is 0.955 bits per heavy atom. The zero-order valence-corrected chi connectivity index (χ0v) is 12.2. The zero-order chi connectivity index (χ0) is 14.9. The molecule has 112 valence electrons. The lowest BCUT2D eigenvalue weighted by Gasteiger charge is -2.28. The summed E-state index contributed by atoms with van der Waals surface area (Å²) in [5, 5.41) is 8.35. The van der Waals surface area contributed by atoms with Crippen molar-refractivity contribution in [3.63, 3.8) is 0 Å². The normalized spacial score (nSPS) is 15.4. The number of nitrogens with two attached hydrogens (primary N) is 1. The molecular formula is C15H17N7. The van der Waals surface area contributed by atoms with Crippen molar-refractivity contribution in [2.45, 2.75) is 19.3 Å². The van der Waals surface area contributed by atoms with Crippen LogP contribution in [-0.4, -0.2) is 38.1 Å². The van der Waals surface area contributed by atoms with E-state index in [2.05, 4.69) is 25.2 Å². The Hall–Kier alpha value is -2.70. The highest BCUT2D eigenvalue weighted by Gasteiger charge is 2.19. The molecule has 0 radical (unpaired) electrons. The number of nitrogen functional groups attached to an aromatic ring is 1. The summed E-state index contributed by atoms with van der Waals surface area (Å²) in [7, 11) is 0. The molecule has 4 rings (SSSR count). The number of nitrogens with zero attached hydrogens (tertiary/aromatic N) is 6. The van der Waals surface area contributed by atoms with Crippen LogP contribution in [0.2, 0.25) is 0 Å². The molecule has 1 aliphatic rings. The fourth-order valence-electron chi connectivity index (χ4n) is 2.93. The predicted octanol–water partition coefficient (Wildman–Crippen LogP) is 1.78. The van der Waals surface area contributed by atoms with Crippen LogP contribution < -0.4 is 10.6 Å². The fourth-order valence-corrected chi connectivity index (χ4v) is 2.93. The summed E-state index contributed by atoms with van der Waals surface area (Å²) in [5.74, 6) is 1.38. The highest BCUT2D eigenvalue weighted by molar-refractivity contribution is 5.79. The molecule has 1 aliphatic heterocycles. The van der Waals surface area contributed by atoms with Crippen LogP contribution in [0.4, 0.5) is 11.5 Å². The summed E-state index contributed by atoms with van der Waals surface area (Å²) in [6.07, 6.45) is 5.16. The largest absolute Gasteiger partial charge is 0.393 e. The van der Waals surface area contributed by atoms with Crippen molar-refractivity contribution >= 4 is 22.5 Å². The Bertz CT molecular complexity index is 805. The molecule has 3 heterocycles. The van der Waals surface area contributed by atoms with Crippen LogP contribution in [0.15, 0.2) is 30.6 Å². The fraction of sp³-hybridized carbons (Fsp3) is 0.333. The topological polar surface area (TPSA) is 85.8 Å². The van der Waals surface area contributed by atoms with Gasteiger partial charge in [-0.3, -0.25) is 0 Å². The van der Waals surface area contributed by atoms with Crippen LogP contribution in [0.25, 0.3) is 16.9 Å². The van der Waals surface area contributed by atoms with E-state index < -0.39 is 0 Å². The van der Waals surface area contributed by atoms with Crippen LogP contribution in [0.5, 0.6) is 0 Å². The first-order valence-corrected chi connectivity index (χ1v) is 7.51. The van der Waals surface area contributed by atoms with E-state index in [1.54, 1.807) is 11.0 Å². The first-order chi connectivity index (χ1) is 10.8. The Kier molecular flexibility index (Phi) is 3.10. The first kappa shape index (κ1) is 13.0. The van der Waals surface area contributed by atoms with E-state index in [9.17, 15) is 0 Å². The van der Waals surface area contributed by atoms with Crippen molar-refractivity contribution in [2.24, 2.45) is 0 Å². The Morgan fingerprint density at radius 3 is 2.59 bits per heavy atom. The summed E-state index contributed by atoms with van der Waals surface area (Å²) in [6.45, 7) is 1.97. The van der Waals surface area contributed by atoms with E-state index >= 15 is 0 Å². The Morgan fingerprint density at radius 2 is 1.73 bits per heavy atom. The van der Waals surface area contributed by atoms with Gasteiger partial charge < -0.3 is 10.6 Å². The molecule has 7 nitrogen and oxygen atoms in total. The number of rotatable bonds is 2. The number of fused-ring (bicyclic) bond motifs is 1. The van der Waals surface area contributed by atoms with E-state index in [4.69, 9.17) is 5.73 Å². The van der Waals surface area contributed by atoms with Gasteiger partial charge in [-0.1, -0.05) is 17.3 Å². The average Bonchev–Trinajstić information content (AvgIpc) is 3.00. The van der Waals surface area contributed by atoms with Gasteiger partial charge in [0, 0.05) is 13.1 Å². The van der Waals surface area contributed by atoms with Crippen LogP contribution in [-0.2, 0) is 0 Å². The van der Waals surface area contributed by atoms with Crippen molar-refractivity contribution in [1.82, 2.24) is 25.0 Å². The molecule has 0 aliphatic carbocycles. The minimum Gasteiger partial charge on any atom is -0.393 e.